The molecule has 1 heterocycles. The Morgan fingerprint density at radius 2 is 2.38 bits per heavy atom. The molecule has 2 atom stereocenters. The molecule has 0 aromatic heterocycles. The molecule has 0 saturated carbocycles. The van der Waals surface area contributed by atoms with Crippen LogP contribution in [0, 0.1) is 0 Å². The minimum atomic E-state index is 0.194. The van der Waals surface area contributed by atoms with Gasteiger partial charge >= 0.3 is 0 Å². The molecule has 4 nitrogen and oxygen atoms in total. The molecule has 13 heavy (non-hydrogen) atoms. The molecule has 0 spiro atoms. The minimum absolute atomic E-state index is 0.194. The summed E-state index contributed by atoms with van der Waals surface area (Å²) in [5.41, 5.74) is 5.76. The molecule has 1 aliphatic rings. The smallest absolute Gasteiger partial charge is 0.0621 e. The van der Waals surface area contributed by atoms with E-state index in [1.807, 2.05) is 19.3 Å². The van der Waals surface area contributed by atoms with Crippen molar-refractivity contribution in [2.24, 2.45) is 5.73 Å². The quantitative estimate of drug-likeness (QED) is 0.549. The highest BCUT2D eigenvalue weighted by Crippen LogP contribution is 2.04. The van der Waals surface area contributed by atoms with Crippen molar-refractivity contribution in [1.82, 2.24) is 10.6 Å². The van der Waals surface area contributed by atoms with Crippen molar-refractivity contribution in [1.29, 1.82) is 0 Å². The molecule has 1 aliphatic heterocycles. The van der Waals surface area contributed by atoms with E-state index in [0.29, 0.717) is 12.6 Å². The average molecular weight is 185 g/mol. The molecule has 0 aromatic rings. The Labute approximate surface area is 79.5 Å². The first-order chi connectivity index (χ1) is 6.33. The third kappa shape index (κ3) is 4.26. The van der Waals surface area contributed by atoms with Crippen molar-refractivity contribution in [2.75, 3.05) is 26.8 Å². The summed E-state index contributed by atoms with van der Waals surface area (Å²) in [6.07, 6.45) is 4.96. The first-order valence-corrected chi connectivity index (χ1v) is 4.72. The van der Waals surface area contributed by atoms with Crippen LogP contribution in [0.5, 0.6) is 0 Å². The maximum atomic E-state index is 5.76. The molecule has 1 saturated heterocycles. The Bertz CT molecular complexity index is 161. The van der Waals surface area contributed by atoms with Crippen molar-refractivity contribution >= 4 is 0 Å². The normalized spacial score (nSPS) is 29.4. The van der Waals surface area contributed by atoms with Gasteiger partial charge in [-0.15, -0.1) is 0 Å². The number of nitrogens with one attached hydrogen (secondary N) is 2. The van der Waals surface area contributed by atoms with Crippen LogP contribution in [0.4, 0.5) is 0 Å². The molecule has 0 radical (unpaired) electrons. The molecule has 1 fully saturated rings. The summed E-state index contributed by atoms with van der Waals surface area (Å²) in [6, 6.07) is 0.602. The van der Waals surface area contributed by atoms with Gasteiger partial charge in [0.1, 0.15) is 0 Å². The molecule has 0 bridgehead atoms. The van der Waals surface area contributed by atoms with Crippen LogP contribution in [0.3, 0.4) is 0 Å². The monoisotopic (exact) mass is 185 g/mol. The van der Waals surface area contributed by atoms with Crippen LogP contribution in [0.1, 0.15) is 6.42 Å². The summed E-state index contributed by atoms with van der Waals surface area (Å²) in [5.74, 6) is 0. The lowest BCUT2D eigenvalue weighted by molar-refractivity contribution is 0.0578. The van der Waals surface area contributed by atoms with Crippen molar-refractivity contribution in [2.45, 2.75) is 18.5 Å². The van der Waals surface area contributed by atoms with E-state index in [4.69, 9.17) is 10.5 Å². The molecule has 1 rings (SSSR count). The summed E-state index contributed by atoms with van der Waals surface area (Å²) in [5, 5.41) is 6.29. The van der Waals surface area contributed by atoms with Gasteiger partial charge in [0.05, 0.1) is 13.2 Å². The first kappa shape index (κ1) is 10.5. The second-order valence-electron chi connectivity index (χ2n) is 3.33. The maximum Gasteiger partial charge on any atom is 0.0621 e. The van der Waals surface area contributed by atoms with E-state index in [0.717, 1.165) is 19.6 Å². The summed E-state index contributed by atoms with van der Waals surface area (Å²) < 4.78 is 5.32. The summed E-state index contributed by atoms with van der Waals surface area (Å²) in [4.78, 5) is 0. The van der Waals surface area contributed by atoms with Gasteiger partial charge in [-0.1, -0.05) is 6.08 Å². The second kappa shape index (κ2) is 5.96. The van der Waals surface area contributed by atoms with Gasteiger partial charge in [0.2, 0.25) is 0 Å². The van der Waals surface area contributed by atoms with E-state index in [-0.39, 0.29) is 6.04 Å². The maximum absolute atomic E-state index is 5.76. The molecule has 0 amide bonds. The predicted molar refractivity (Wildman–Crippen MR) is 53.4 cm³/mol. The van der Waals surface area contributed by atoms with E-state index in [9.17, 15) is 0 Å². The Hall–Kier alpha value is -0.580. The largest absolute Gasteiger partial charge is 0.394 e. The lowest BCUT2D eigenvalue weighted by Crippen LogP contribution is -2.45. The topological polar surface area (TPSA) is 59.3 Å². The Balaban J connectivity index is 2.10. The molecule has 0 aliphatic carbocycles. The molecule has 0 aromatic carbocycles. The molecular formula is C9H19N3O. The Morgan fingerprint density at radius 1 is 1.54 bits per heavy atom. The zero-order valence-corrected chi connectivity index (χ0v) is 8.12. The zero-order valence-electron chi connectivity index (χ0n) is 8.12. The minimum Gasteiger partial charge on any atom is -0.394 e. The van der Waals surface area contributed by atoms with Gasteiger partial charge in [-0.25, -0.2) is 0 Å². The van der Waals surface area contributed by atoms with Crippen molar-refractivity contribution in [3.63, 3.8) is 0 Å². The second-order valence-corrected chi connectivity index (χ2v) is 3.33. The lowest BCUT2D eigenvalue weighted by Gasteiger charge is -2.27. The van der Waals surface area contributed by atoms with Gasteiger partial charge in [-0.3, -0.25) is 0 Å². The van der Waals surface area contributed by atoms with Crippen LogP contribution in [0.15, 0.2) is 12.3 Å². The van der Waals surface area contributed by atoms with Gasteiger partial charge in [0.25, 0.3) is 0 Å². The third-order valence-electron chi connectivity index (χ3n) is 2.05. The van der Waals surface area contributed by atoms with Gasteiger partial charge in [-0.05, 0) is 12.6 Å². The first-order valence-electron chi connectivity index (χ1n) is 4.72. The molecule has 76 valence electrons. The highest BCUT2D eigenvalue weighted by Gasteiger charge is 2.18. The number of ether oxygens (including phenoxy) is 1. The lowest BCUT2D eigenvalue weighted by atomic mass is 10.1. The standard InChI is InChI=1S/C9H19N3O/c1-11-3-2-4-12-9-5-8(10)6-13-7-9/h2-3,8-9,11-12H,4-7,10H2,1H3/b3-2+/t8-,9?/m0/s1. The fourth-order valence-corrected chi connectivity index (χ4v) is 1.42. The number of rotatable bonds is 4. The summed E-state index contributed by atoms with van der Waals surface area (Å²) >= 11 is 0. The molecular weight excluding hydrogens is 166 g/mol. The fraction of sp³-hybridized carbons (Fsp3) is 0.778. The SMILES string of the molecule is CN/C=C/CNC1COC[C@@H](N)C1. The van der Waals surface area contributed by atoms with Gasteiger partial charge < -0.3 is 21.1 Å². The van der Waals surface area contributed by atoms with E-state index in [1.165, 1.54) is 0 Å². The van der Waals surface area contributed by atoms with E-state index in [2.05, 4.69) is 10.6 Å². The molecule has 4 N–H and O–H groups in total. The number of hydrogen-bond donors (Lipinski definition) is 3. The summed E-state index contributed by atoms with van der Waals surface area (Å²) in [6.45, 7) is 2.34. The van der Waals surface area contributed by atoms with Crippen LogP contribution < -0.4 is 16.4 Å². The average Bonchev–Trinajstić information content (AvgIpc) is 2.13. The fourth-order valence-electron chi connectivity index (χ4n) is 1.42. The zero-order chi connectivity index (χ0) is 9.52. The highest BCUT2D eigenvalue weighted by atomic mass is 16.5. The van der Waals surface area contributed by atoms with Gasteiger partial charge in [-0.2, -0.15) is 0 Å². The highest BCUT2D eigenvalue weighted by molar-refractivity contribution is 4.84. The predicted octanol–water partition coefficient (Wildman–Crippen LogP) is -0.575. The van der Waals surface area contributed by atoms with Gasteiger partial charge in [0, 0.05) is 25.7 Å². The van der Waals surface area contributed by atoms with Crippen LogP contribution >= 0.6 is 0 Å². The number of hydrogen-bond acceptors (Lipinski definition) is 4. The number of nitrogens with two attached hydrogens (primary N) is 1. The van der Waals surface area contributed by atoms with Crippen LogP contribution in [-0.4, -0.2) is 38.9 Å². The van der Waals surface area contributed by atoms with Crippen LogP contribution in [-0.2, 0) is 4.74 Å². The van der Waals surface area contributed by atoms with Crippen molar-refractivity contribution < 1.29 is 4.74 Å². The van der Waals surface area contributed by atoms with Crippen molar-refractivity contribution in [3.8, 4) is 0 Å². The third-order valence-corrected chi connectivity index (χ3v) is 2.05. The van der Waals surface area contributed by atoms with Gasteiger partial charge in [0.15, 0.2) is 0 Å². The molecule has 4 heteroatoms. The van der Waals surface area contributed by atoms with E-state index in [1.54, 1.807) is 0 Å². The Kier molecular flexibility index (Phi) is 4.82. The Morgan fingerprint density at radius 3 is 3.08 bits per heavy atom. The van der Waals surface area contributed by atoms with Crippen LogP contribution in [0.2, 0.25) is 0 Å². The van der Waals surface area contributed by atoms with Crippen LogP contribution in [0.25, 0.3) is 0 Å². The molecule has 1 unspecified atom stereocenters. The van der Waals surface area contributed by atoms with E-state index < -0.39 is 0 Å². The van der Waals surface area contributed by atoms with E-state index >= 15 is 0 Å². The van der Waals surface area contributed by atoms with Crippen molar-refractivity contribution in [3.05, 3.63) is 12.3 Å². The summed E-state index contributed by atoms with van der Waals surface area (Å²) in [7, 11) is 1.89.